The number of nitrogens with one attached hydrogen (secondary N) is 1. The van der Waals surface area contributed by atoms with E-state index in [1.165, 1.54) is 7.11 Å². The molecule has 1 aliphatic rings. The van der Waals surface area contributed by atoms with Crippen LogP contribution in [-0.2, 0) is 11.3 Å². The summed E-state index contributed by atoms with van der Waals surface area (Å²) in [5.74, 6) is -0.199. The van der Waals surface area contributed by atoms with Gasteiger partial charge in [-0.2, -0.15) is 0 Å². The number of amides is 2. The lowest BCUT2D eigenvalue weighted by Gasteiger charge is -2.33. The summed E-state index contributed by atoms with van der Waals surface area (Å²) >= 11 is 0. The molecule has 0 unspecified atom stereocenters. The van der Waals surface area contributed by atoms with E-state index in [1.807, 2.05) is 72.8 Å². The van der Waals surface area contributed by atoms with Gasteiger partial charge in [-0.25, -0.2) is 4.79 Å². The van der Waals surface area contributed by atoms with Crippen molar-refractivity contribution in [2.45, 2.75) is 6.54 Å². The Balaban J connectivity index is 1.23. The van der Waals surface area contributed by atoms with Crippen molar-refractivity contribution in [2.24, 2.45) is 0 Å². The molecule has 8 heteroatoms. The Morgan fingerprint density at radius 1 is 0.892 bits per heavy atom. The van der Waals surface area contributed by atoms with Crippen LogP contribution in [0.15, 0.2) is 79.0 Å². The molecule has 2 heterocycles. The van der Waals surface area contributed by atoms with Crippen molar-refractivity contribution in [1.82, 2.24) is 14.4 Å². The Kier molecular flexibility index (Phi) is 7.09. The van der Waals surface area contributed by atoms with Crippen LogP contribution in [0.1, 0.15) is 10.4 Å². The Morgan fingerprint density at radius 3 is 2.43 bits per heavy atom. The van der Waals surface area contributed by atoms with Gasteiger partial charge in [0.05, 0.1) is 18.5 Å². The van der Waals surface area contributed by atoms with Crippen LogP contribution in [0.3, 0.4) is 0 Å². The van der Waals surface area contributed by atoms with Crippen molar-refractivity contribution in [3.05, 3.63) is 84.6 Å². The monoisotopic (exact) mass is 497 g/mol. The van der Waals surface area contributed by atoms with Crippen LogP contribution in [0, 0.1) is 0 Å². The zero-order valence-corrected chi connectivity index (χ0v) is 20.9. The van der Waals surface area contributed by atoms with Gasteiger partial charge in [0.1, 0.15) is 0 Å². The molecular formula is C29H31N5O3. The Bertz CT molecular complexity index is 1410. The number of nitrogens with zero attached hydrogens (tertiary/aromatic N) is 3. The number of hydrogen-bond donors (Lipinski definition) is 2. The molecular weight excluding hydrogens is 466 g/mol. The number of fused-ring (bicyclic) bond motifs is 1. The van der Waals surface area contributed by atoms with Crippen molar-refractivity contribution in [3.8, 4) is 11.1 Å². The standard InChI is InChI=1S/C29H31N5O3/c1-37-29(36)34-17-14-32(15-18-34)13-16-33-12-11-23-19-24(8-10-27(23)33)28(35)31-26-20-22(7-9-25(26)30)21-5-3-2-4-6-21/h2-12,19-20H,13-18,30H2,1H3,(H,31,35). The number of methoxy groups -OCH3 is 1. The molecule has 190 valence electrons. The summed E-state index contributed by atoms with van der Waals surface area (Å²) in [5, 5.41) is 3.99. The minimum Gasteiger partial charge on any atom is -0.453 e. The molecule has 2 amide bonds. The fourth-order valence-corrected chi connectivity index (χ4v) is 4.74. The largest absolute Gasteiger partial charge is 0.453 e. The van der Waals surface area contributed by atoms with Gasteiger partial charge in [0, 0.05) is 61.9 Å². The molecule has 0 saturated carbocycles. The van der Waals surface area contributed by atoms with E-state index in [9.17, 15) is 9.59 Å². The summed E-state index contributed by atoms with van der Waals surface area (Å²) in [6, 6.07) is 23.4. The highest BCUT2D eigenvalue weighted by atomic mass is 16.5. The number of carbonyl (C=O) groups is 2. The van der Waals surface area contributed by atoms with E-state index in [0.29, 0.717) is 30.0 Å². The number of nitrogen functional groups attached to an aromatic ring is 1. The van der Waals surface area contributed by atoms with Crippen LogP contribution in [0.4, 0.5) is 16.2 Å². The second-order valence-electron chi connectivity index (χ2n) is 9.20. The molecule has 0 radical (unpaired) electrons. The summed E-state index contributed by atoms with van der Waals surface area (Å²) in [6.45, 7) is 4.72. The lowest BCUT2D eigenvalue weighted by molar-refractivity contribution is 0.0900. The topological polar surface area (TPSA) is 92.8 Å². The van der Waals surface area contributed by atoms with Crippen LogP contribution in [0.5, 0.6) is 0 Å². The normalized spacial score (nSPS) is 14.0. The smallest absolute Gasteiger partial charge is 0.409 e. The van der Waals surface area contributed by atoms with Gasteiger partial charge in [-0.15, -0.1) is 0 Å². The molecule has 8 nitrogen and oxygen atoms in total. The van der Waals surface area contributed by atoms with E-state index in [4.69, 9.17) is 10.5 Å². The van der Waals surface area contributed by atoms with Gasteiger partial charge in [0.25, 0.3) is 5.91 Å². The van der Waals surface area contributed by atoms with Crippen LogP contribution in [0.2, 0.25) is 0 Å². The summed E-state index contributed by atoms with van der Waals surface area (Å²) in [5.41, 5.74) is 11.0. The molecule has 1 fully saturated rings. The molecule has 4 aromatic rings. The lowest BCUT2D eigenvalue weighted by Crippen LogP contribution is -2.49. The molecule has 1 aliphatic heterocycles. The summed E-state index contributed by atoms with van der Waals surface area (Å²) < 4.78 is 7.01. The van der Waals surface area contributed by atoms with Gasteiger partial charge in [0.15, 0.2) is 0 Å². The zero-order valence-electron chi connectivity index (χ0n) is 20.9. The fourth-order valence-electron chi connectivity index (χ4n) is 4.74. The van der Waals surface area contributed by atoms with E-state index in [-0.39, 0.29) is 12.0 Å². The first kappa shape index (κ1) is 24.4. The van der Waals surface area contributed by atoms with Crippen LogP contribution < -0.4 is 11.1 Å². The minimum atomic E-state index is -0.262. The van der Waals surface area contributed by atoms with Gasteiger partial charge >= 0.3 is 6.09 Å². The maximum absolute atomic E-state index is 13.1. The number of anilines is 2. The maximum atomic E-state index is 13.1. The number of nitrogens with two attached hydrogens (primary N) is 1. The number of ether oxygens (including phenoxy) is 1. The molecule has 0 atom stereocenters. The van der Waals surface area contributed by atoms with Crippen molar-refractivity contribution in [3.63, 3.8) is 0 Å². The Hall–Kier alpha value is -4.30. The van der Waals surface area contributed by atoms with Crippen molar-refractivity contribution >= 4 is 34.3 Å². The number of rotatable bonds is 6. The zero-order chi connectivity index (χ0) is 25.8. The average Bonchev–Trinajstić information content (AvgIpc) is 3.35. The van der Waals surface area contributed by atoms with Crippen molar-refractivity contribution < 1.29 is 14.3 Å². The van der Waals surface area contributed by atoms with E-state index in [2.05, 4.69) is 21.0 Å². The maximum Gasteiger partial charge on any atom is 0.409 e. The highest BCUT2D eigenvalue weighted by Gasteiger charge is 2.21. The molecule has 1 saturated heterocycles. The van der Waals surface area contributed by atoms with Crippen LogP contribution >= 0.6 is 0 Å². The van der Waals surface area contributed by atoms with Crippen LogP contribution in [0.25, 0.3) is 22.0 Å². The number of hydrogen-bond acceptors (Lipinski definition) is 5. The first-order chi connectivity index (χ1) is 18.0. The molecule has 0 aliphatic carbocycles. The molecule has 1 aromatic heterocycles. The molecule has 0 bridgehead atoms. The lowest BCUT2D eigenvalue weighted by atomic mass is 10.0. The number of piperazine rings is 1. The molecule has 3 N–H and O–H groups in total. The van der Waals surface area contributed by atoms with Crippen LogP contribution in [-0.4, -0.2) is 66.2 Å². The predicted octanol–water partition coefficient (Wildman–Crippen LogP) is 4.53. The van der Waals surface area contributed by atoms with Crippen molar-refractivity contribution in [1.29, 1.82) is 0 Å². The third-order valence-electron chi connectivity index (χ3n) is 6.90. The first-order valence-corrected chi connectivity index (χ1v) is 12.4. The van der Waals surface area contributed by atoms with Gasteiger partial charge in [0.2, 0.25) is 0 Å². The summed E-state index contributed by atoms with van der Waals surface area (Å²) in [6.07, 6.45) is 1.79. The SMILES string of the molecule is COC(=O)N1CCN(CCn2ccc3cc(C(=O)Nc4cc(-c5ccccc5)ccc4N)ccc32)CC1. The second kappa shape index (κ2) is 10.8. The van der Waals surface area contributed by atoms with Gasteiger partial charge in [-0.1, -0.05) is 36.4 Å². The number of carbonyl (C=O) groups excluding carboxylic acids is 2. The number of aromatic nitrogens is 1. The third kappa shape index (κ3) is 5.44. The van der Waals surface area contributed by atoms with E-state index in [1.54, 1.807) is 4.90 Å². The Labute approximate surface area is 216 Å². The second-order valence-corrected chi connectivity index (χ2v) is 9.20. The third-order valence-corrected chi connectivity index (χ3v) is 6.90. The van der Waals surface area contributed by atoms with Gasteiger partial charge in [-0.05, 0) is 47.5 Å². The van der Waals surface area contributed by atoms with Gasteiger partial charge in [-0.3, -0.25) is 9.69 Å². The quantitative estimate of drug-likeness (QED) is 0.382. The average molecular weight is 498 g/mol. The van der Waals surface area contributed by atoms with E-state index in [0.717, 1.165) is 48.2 Å². The first-order valence-electron chi connectivity index (χ1n) is 12.4. The summed E-state index contributed by atoms with van der Waals surface area (Å²) in [7, 11) is 1.42. The van der Waals surface area contributed by atoms with E-state index < -0.39 is 0 Å². The molecule has 37 heavy (non-hydrogen) atoms. The molecule has 0 spiro atoms. The van der Waals surface area contributed by atoms with Crippen molar-refractivity contribution in [2.75, 3.05) is 50.9 Å². The minimum absolute atomic E-state index is 0.199. The summed E-state index contributed by atoms with van der Waals surface area (Å²) in [4.78, 5) is 28.8. The molecule has 5 rings (SSSR count). The van der Waals surface area contributed by atoms with Gasteiger partial charge < -0.3 is 25.3 Å². The predicted molar refractivity (Wildman–Crippen MR) is 147 cm³/mol. The highest BCUT2D eigenvalue weighted by Crippen LogP contribution is 2.28. The fraction of sp³-hybridized carbons (Fsp3) is 0.241. The molecule has 3 aromatic carbocycles. The number of benzene rings is 3. The Morgan fingerprint density at radius 2 is 1.68 bits per heavy atom. The van der Waals surface area contributed by atoms with E-state index >= 15 is 0 Å². The highest BCUT2D eigenvalue weighted by molar-refractivity contribution is 6.07.